The Morgan fingerprint density at radius 3 is 2.76 bits per heavy atom. The van der Waals surface area contributed by atoms with Crippen molar-refractivity contribution in [2.75, 3.05) is 6.54 Å². The summed E-state index contributed by atoms with van der Waals surface area (Å²) in [5, 5.41) is 16.0. The molecule has 1 aromatic carbocycles. The van der Waals surface area contributed by atoms with E-state index in [2.05, 4.69) is 51.9 Å². The summed E-state index contributed by atoms with van der Waals surface area (Å²) in [6, 6.07) is 9.36. The molecule has 1 unspecified atom stereocenters. The monoisotopic (exact) mass is 285 g/mol. The molecule has 21 heavy (non-hydrogen) atoms. The van der Waals surface area contributed by atoms with E-state index in [-0.39, 0.29) is 0 Å². The largest absolute Gasteiger partial charge is 0.314 e. The van der Waals surface area contributed by atoms with Gasteiger partial charge >= 0.3 is 0 Å². The molecule has 0 radical (unpaired) electrons. The minimum atomic E-state index is 0.510. The zero-order valence-corrected chi connectivity index (χ0v) is 12.8. The van der Waals surface area contributed by atoms with Crippen LogP contribution in [0.5, 0.6) is 0 Å². The van der Waals surface area contributed by atoms with E-state index < -0.39 is 0 Å². The van der Waals surface area contributed by atoms with Gasteiger partial charge in [0.25, 0.3) is 0 Å². The molecule has 1 aliphatic carbocycles. The van der Waals surface area contributed by atoms with Gasteiger partial charge < -0.3 is 5.32 Å². The van der Waals surface area contributed by atoms with Gasteiger partial charge in [-0.25, -0.2) is 0 Å². The molecule has 0 aliphatic heterocycles. The number of hydrogen-bond acceptors (Lipinski definition) is 4. The topological polar surface area (TPSA) is 55.6 Å². The molecule has 1 N–H and O–H groups in total. The second-order valence-electron chi connectivity index (χ2n) is 6.08. The van der Waals surface area contributed by atoms with Crippen molar-refractivity contribution in [2.45, 2.75) is 38.6 Å². The van der Waals surface area contributed by atoms with E-state index in [0.717, 1.165) is 31.3 Å². The van der Waals surface area contributed by atoms with Crippen LogP contribution in [0.2, 0.25) is 0 Å². The number of aromatic nitrogens is 4. The Bertz CT molecular complexity index is 588. The molecule has 1 heterocycles. The van der Waals surface area contributed by atoms with Gasteiger partial charge in [0.05, 0.1) is 7.05 Å². The van der Waals surface area contributed by atoms with Crippen molar-refractivity contribution in [3.63, 3.8) is 0 Å². The van der Waals surface area contributed by atoms with Crippen LogP contribution in [0.25, 0.3) is 0 Å². The Balaban J connectivity index is 1.67. The fourth-order valence-electron chi connectivity index (χ4n) is 2.65. The van der Waals surface area contributed by atoms with Crippen LogP contribution in [0.3, 0.4) is 0 Å². The zero-order valence-electron chi connectivity index (χ0n) is 12.8. The predicted octanol–water partition coefficient (Wildman–Crippen LogP) is 1.67. The molecule has 1 aromatic heterocycles. The van der Waals surface area contributed by atoms with Gasteiger partial charge in [0, 0.05) is 12.5 Å². The molecule has 0 bridgehead atoms. The quantitative estimate of drug-likeness (QED) is 0.841. The van der Waals surface area contributed by atoms with Gasteiger partial charge in [-0.2, -0.15) is 4.80 Å². The number of nitrogens with one attached hydrogen (secondary N) is 1. The summed E-state index contributed by atoms with van der Waals surface area (Å²) >= 11 is 0. The first-order chi connectivity index (χ1) is 10.2. The summed E-state index contributed by atoms with van der Waals surface area (Å²) in [6.45, 7) is 3.21. The fraction of sp³-hybridized carbons (Fsp3) is 0.562. The van der Waals surface area contributed by atoms with Crippen LogP contribution in [0.4, 0.5) is 0 Å². The molecule has 112 valence electrons. The minimum Gasteiger partial charge on any atom is -0.314 e. The highest BCUT2D eigenvalue weighted by Gasteiger charge is 2.23. The Kier molecular flexibility index (Phi) is 4.29. The smallest absolute Gasteiger partial charge is 0.175 e. The molecule has 0 amide bonds. The fourth-order valence-corrected chi connectivity index (χ4v) is 2.65. The Morgan fingerprint density at radius 1 is 1.29 bits per heavy atom. The maximum Gasteiger partial charge on any atom is 0.175 e. The van der Waals surface area contributed by atoms with E-state index in [1.165, 1.54) is 28.8 Å². The van der Waals surface area contributed by atoms with Crippen molar-refractivity contribution in [3.8, 4) is 0 Å². The first kappa shape index (κ1) is 14.2. The summed E-state index contributed by atoms with van der Waals surface area (Å²) in [6.07, 6.45) is 4.58. The third-order valence-corrected chi connectivity index (χ3v) is 4.06. The molecule has 5 nitrogen and oxygen atoms in total. The van der Waals surface area contributed by atoms with Gasteiger partial charge in [-0.05, 0) is 55.0 Å². The number of hydrogen-bond donors (Lipinski definition) is 1. The lowest BCUT2D eigenvalue weighted by Gasteiger charge is -2.17. The Labute approximate surface area is 125 Å². The van der Waals surface area contributed by atoms with E-state index >= 15 is 0 Å². The van der Waals surface area contributed by atoms with Crippen molar-refractivity contribution in [2.24, 2.45) is 13.0 Å². The van der Waals surface area contributed by atoms with Gasteiger partial charge in [0.2, 0.25) is 0 Å². The SMILES string of the molecule is Cc1ccccc1CC(CNC1CC1)Cc1nnn(C)n1. The zero-order chi connectivity index (χ0) is 14.7. The molecule has 1 atom stereocenters. The van der Waals surface area contributed by atoms with E-state index in [1.807, 2.05) is 7.05 Å². The molecule has 1 aliphatic rings. The lowest BCUT2D eigenvalue weighted by molar-refractivity contribution is 0.458. The van der Waals surface area contributed by atoms with Gasteiger partial charge in [0.1, 0.15) is 0 Å². The van der Waals surface area contributed by atoms with Crippen LogP contribution in [0.15, 0.2) is 24.3 Å². The molecule has 0 saturated heterocycles. The average Bonchev–Trinajstić information content (AvgIpc) is 3.21. The summed E-state index contributed by atoms with van der Waals surface area (Å²) in [5.74, 6) is 1.35. The van der Waals surface area contributed by atoms with Crippen LogP contribution in [-0.4, -0.2) is 32.8 Å². The number of tetrazole rings is 1. The first-order valence-electron chi connectivity index (χ1n) is 7.71. The number of nitrogens with zero attached hydrogens (tertiary/aromatic N) is 4. The van der Waals surface area contributed by atoms with Crippen molar-refractivity contribution in [3.05, 3.63) is 41.2 Å². The van der Waals surface area contributed by atoms with Crippen molar-refractivity contribution in [1.82, 2.24) is 25.5 Å². The van der Waals surface area contributed by atoms with E-state index in [1.54, 1.807) is 0 Å². The number of benzene rings is 1. The molecule has 0 spiro atoms. The van der Waals surface area contributed by atoms with Crippen molar-refractivity contribution in [1.29, 1.82) is 0 Å². The van der Waals surface area contributed by atoms with Gasteiger partial charge in [-0.3, -0.25) is 0 Å². The van der Waals surface area contributed by atoms with Crippen LogP contribution >= 0.6 is 0 Å². The maximum atomic E-state index is 4.32. The molecule has 5 heteroatoms. The molecular formula is C16H23N5. The third kappa shape index (κ3) is 4.11. The van der Waals surface area contributed by atoms with Gasteiger partial charge in [0.15, 0.2) is 5.82 Å². The highest BCUT2D eigenvalue weighted by Crippen LogP contribution is 2.21. The standard InChI is InChI=1S/C16H23N5/c1-12-5-3-4-6-14(12)9-13(11-17-15-7-8-15)10-16-18-20-21(2)19-16/h3-6,13,15,17H,7-11H2,1-2H3. The summed E-state index contributed by atoms with van der Waals surface area (Å²) in [5.41, 5.74) is 2.78. The third-order valence-electron chi connectivity index (χ3n) is 4.06. The first-order valence-corrected chi connectivity index (χ1v) is 7.71. The van der Waals surface area contributed by atoms with Gasteiger partial charge in [-0.15, -0.1) is 10.2 Å². The minimum absolute atomic E-state index is 0.510. The highest BCUT2D eigenvalue weighted by molar-refractivity contribution is 5.26. The number of aryl methyl sites for hydroxylation is 2. The van der Waals surface area contributed by atoms with Gasteiger partial charge in [-0.1, -0.05) is 24.3 Å². The lowest BCUT2D eigenvalue weighted by atomic mass is 9.93. The van der Waals surface area contributed by atoms with Crippen LogP contribution in [0.1, 0.15) is 29.8 Å². The Hall–Kier alpha value is -1.75. The second kappa shape index (κ2) is 6.35. The molecular weight excluding hydrogens is 262 g/mol. The normalized spacial score (nSPS) is 16.1. The van der Waals surface area contributed by atoms with Crippen LogP contribution in [0, 0.1) is 12.8 Å². The molecule has 2 aromatic rings. The maximum absolute atomic E-state index is 4.32. The van der Waals surface area contributed by atoms with Crippen LogP contribution < -0.4 is 5.32 Å². The molecule has 3 rings (SSSR count). The van der Waals surface area contributed by atoms with Crippen molar-refractivity contribution >= 4 is 0 Å². The predicted molar refractivity (Wildman–Crippen MR) is 81.9 cm³/mol. The summed E-state index contributed by atoms with van der Waals surface area (Å²) < 4.78 is 0. The molecule has 1 saturated carbocycles. The number of rotatable bonds is 7. The lowest BCUT2D eigenvalue weighted by Crippen LogP contribution is -2.28. The van der Waals surface area contributed by atoms with Crippen molar-refractivity contribution < 1.29 is 0 Å². The molecule has 1 fully saturated rings. The Morgan fingerprint density at radius 2 is 2.10 bits per heavy atom. The second-order valence-corrected chi connectivity index (χ2v) is 6.08. The summed E-state index contributed by atoms with van der Waals surface area (Å²) in [4.78, 5) is 1.54. The average molecular weight is 285 g/mol. The van der Waals surface area contributed by atoms with E-state index in [4.69, 9.17) is 0 Å². The van der Waals surface area contributed by atoms with Crippen LogP contribution in [-0.2, 0) is 19.9 Å². The van der Waals surface area contributed by atoms with E-state index in [9.17, 15) is 0 Å². The highest BCUT2D eigenvalue weighted by atomic mass is 15.6. The van der Waals surface area contributed by atoms with E-state index in [0.29, 0.717) is 5.92 Å². The summed E-state index contributed by atoms with van der Waals surface area (Å²) in [7, 11) is 1.81.